The average molecular weight is 580 g/mol. The Labute approximate surface area is 239 Å². The second-order valence-electron chi connectivity index (χ2n) is 8.81. The van der Waals surface area contributed by atoms with Crippen LogP contribution >= 0.6 is 34.5 Å². The number of fused-ring (bicyclic) bond motifs is 1. The molecule has 5 rings (SSSR count). The Morgan fingerprint density at radius 1 is 1.08 bits per heavy atom. The normalized spacial score (nSPS) is 15.1. The van der Waals surface area contributed by atoms with Crippen molar-refractivity contribution in [1.82, 2.24) is 4.57 Å². The highest BCUT2D eigenvalue weighted by Crippen LogP contribution is 2.34. The molecule has 198 valence electrons. The van der Waals surface area contributed by atoms with Crippen LogP contribution in [0, 0.1) is 0 Å². The van der Waals surface area contributed by atoms with Gasteiger partial charge in [0.2, 0.25) is 0 Å². The van der Waals surface area contributed by atoms with E-state index in [2.05, 4.69) is 4.99 Å². The maximum Gasteiger partial charge on any atom is 0.338 e. The topological polar surface area (TPSA) is 69.9 Å². The van der Waals surface area contributed by atoms with Crippen LogP contribution in [-0.4, -0.2) is 17.1 Å². The molecular weight excluding hydrogens is 555 g/mol. The number of aromatic nitrogens is 1. The molecule has 0 N–H and O–H groups in total. The van der Waals surface area contributed by atoms with Crippen molar-refractivity contribution in [3.8, 4) is 5.75 Å². The molecule has 0 bridgehead atoms. The SMILES string of the molecule is CCOC(=O)C1=C(C)N=c2s/c(=C\c3cccc(OCc4cccc(Cl)c4)c3)c(=O)n2[C@H]1c1ccccc1Cl. The molecule has 6 nitrogen and oxygen atoms in total. The maximum absolute atomic E-state index is 13.8. The van der Waals surface area contributed by atoms with Gasteiger partial charge in [0.05, 0.1) is 22.4 Å². The van der Waals surface area contributed by atoms with Gasteiger partial charge >= 0.3 is 5.97 Å². The fourth-order valence-electron chi connectivity index (χ4n) is 4.42. The summed E-state index contributed by atoms with van der Waals surface area (Å²) in [4.78, 5) is 31.9. The van der Waals surface area contributed by atoms with Gasteiger partial charge in [0.1, 0.15) is 18.4 Å². The summed E-state index contributed by atoms with van der Waals surface area (Å²) in [5.41, 5.74) is 2.87. The number of halogens is 2. The van der Waals surface area contributed by atoms with Gasteiger partial charge < -0.3 is 9.47 Å². The van der Waals surface area contributed by atoms with Crippen molar-refractivity contribution in [3.63, 3.8) is 0 Å². The molecule has 1 aromatic heterocycles. The van der Waals surface area contributed by atoms with Crippen LogP contribution in [0.3, 0.4) is 0 Å². The Morgan fingerprint density at radius 3 is 2.64 bits per heavy atom. The Hall–Kier alpha value is -3.65. The van der Waals surface area contributed by atoms with Gasteiger partial charge in [-0.15, -0.1) is 0 Å². The molecule has 4 aromatic rings. The average Bonchev–Trinajstić information content (AvgIpc) is 3.21. The number of ether oxygens (including phenoxy) is 2. The minimum Gasteiger partial charge on any atom is -0.489 e. The predicted molar refractivity (Wildman–Crippen MR) is 154 cm³/mol. The van der Waals surface area contributed by atoms with E-state index in [-0.39, 0.29) is 12.2 Å². The Kier molecular flexibility index (Phi) is 8.02. The highest BCUT2D eigenvalue weighted by molar-refractivity contribution is 7.07. The standard InChI is InChI=1S/C30H24Cl2N2O4S/c1-3-37-29(36)26-18(2)33-30-34(27(26)23-12-4-5-13-24(23)32)28(35)25(39-30)16-19-8-7-11-22(15-19)38-17-20-9-6-10-21(31)14-20/h4-16,27H,3,17H2,1-2H3/b25-16-/t27-/m0/s1. The van der Waals surface area contributed by atoms with Gasteiger partial charge in [-0.2, -0.15) is 0 Å². The molecule has 0 aliphatic carbocycles. The van der Waals surface area contributed by atoms with Crippen LogP contribution in [0.1, 0.15) is 36.6 Å². The van der Waals surface area contributed by atoms with Gasteiger partial charge in [-0.25, -0.2) is 9.79 Å². The van der Waals surface area contributed by atoms with E-state index in [4.69, 9.17) is 32.7 Å². The molecule has 1 aliphatic heterocycles. The zero-order valence-corrected chi connectivity index (χ0v) is 23.5. The van der Waals surface area contributed by atoms with Crippen LogP contribution in [-0.2, 0) is 16.1 Å². The number of benzene rings is 3. The number of rotatable bonds is 7. The lowest BCUT2D eigenvalue weighted by Gasteiger charge is -2.25. The molecule has 0 spiro atoms. The highest BCUT2D eigenvalue weighted by Gasteiger charge is 2.34. The third-order valence-corrected chi connectivity index (χ3v) is 7.73. The van der Waals surface area contributed by atoms with E-state index >= 15 is 0 Å². The quantitative estimate of drug-likeness (QED) is 0.264. The van der Waals surface area contributed by atoms with Gasteiger partial charge in [0.25, 0.3) is 5.56 Å². The van der Waals surface area contributed by atoms with Gasteiger partial charge in [0, 0.05) is 10.0 Å². The zero-order valence-electron chi connectivity index (χ0n) is 21.2. The first-order valence-electron chi connectivity index (χ1n) is 12.3. The summed E-state index contributed by atoms with van der Waals surface area (Å²) in [6, 6.07) is 21.4. The Morgan fingerprint density at radius 2 is 1.87 bits per heavy atom. The largest absolute Gasteiger partial charge is 0.489 e. The fourth-order valence-corrected chi connectivity index (χ4v) is 5.92. The van der Waals surface area contributed by atoms with Crippen molar-refractivity contribution >= 4 is 46.6 Å². The molecule has 0 radical (unpaired) electrons. The van der Waals surface area contributed by atoms with E-state index in [0.717, 1.165) is 11.1 Å². The first-order valence-corrected chi connectivity index (χ1v) is 13.8. The molecule has 9 heteroatoms. The van der Waals surface area contributed by atoms with Crippen molar-refractivity contribution in [1.29, 1.82) is 0 Å². The molecule has 39 heavy (non-hydrogen) atoms. The van der Waals surface area contributed by atoms with Gasteiger partial charge in [-0.05, 0) is 66.9 Å². The molecule has 2 heterocycles. The minimum absolute atomic E-state index is 0.199. The lowest BCUT2D eigenvalue weighted by Crippen LogP contribution is -2.40. The summed E-state index contributed by atoms with van der Waals surface area (Å²) in [5, 5.41) is 1.09. The second-order valence-corrected chi connectivity index (χ2v) is 10.7. The number of allylic oxidation sites excluding steroid dienone is 1. The van der Waals surface area contributed by atoms with Crippen molar-refractivity contribution in [2.75, 3.05) is 6.61 Å². The number of carbonyl (C=O) groups is 1. The number of thiazole rings is 1. The lowest BCUT2D eigenvalue weighted by molar-refractivity contribution is -0.139. The second kappa shape index (κ2) is 11.6. The lowest BCUT2D eigenvalue weighted by atomic mass is 9.96. The van der Waals surface area contributed by atoms with Crippen molar-refractivity contribution in [3.05, 3.63) is 130 Å². The predicted octanol–water partition coefficient (Wildman–Crippen LogP) is 5.68. The monoisotopic (exact) mass is 578 g/mol. The number of hydrogen-bond acceptors (Lipinski definition) is 6. The molecule has 0 saturated carbocycles. The third-order valence-electron chi connectivity index (χ3n) is 6.17. The molecular formula is C30H24Cl2N2O4S. The van der Waals surface area contributed by atoms with E-state index in [9.17, 15) is 9.59 Å². The molecule has 1 aliphatic rings. The van der Waals surface area contributed by atoms with Crippen LogP contribution in [0.5, 0.6) is 5.75 Å². The molecule has 0 amide bonds. The number of hydrogen-bond donors (Lipinski definition) is 0. The molecule has 1 atom stereocenters. The van der Waals surface area contributed by atoms with E-state index in [1.54, 1.807) is 32.1 Å². The number of carbonyl (C=O) groups excluding carboxylic acids is 1. The number of esters is 1. The van der Waals surface area contributed by atoms with Crippen LogP contribution in [0.25, 0.3) is 6.08 Å². The molecule has 3 aromatic carbocycles. The van der Waals surface area contributed by atoms with E-state index in [0.29, 0.717) is 48.6 Å². The first-order chi connectivity index (χ1) is 18.9. The summed E-state index contributed by atoms with van der Waals surface area (Å²) in [6.07, 6.45) is 1.79. The molecule has 0 saturated heterocycles. The minimum atomic E-state index is -0.761. The van der Waals surface area contributed by atoms with Crippen molar-refractivity contribution < 1.29 is 14.3 Å². The Balaban J connectivity index is 1.55. The summed E-state index contributed by atoms with van der Waals surface area (Å²) >= 11 is 13.9. The summed E-state index contributed by atoms with van der Waals surface area (Å²) in [5.74, 6) is 0.133. The van der Waals surface area contributed by atoms with Crippen molar-refractivity contribution in [2.45, 2.75) is 26.5 Å². The van der Waals surface area contributed by atoms with Gasteiger partial charge in [-0.3, -0.25) is 9.36 Å². The van der Waals surface area contributed by atoms with Crippen LogP contribution in [0.15, 0.2) is 93.9 Å². The molecule has 0 fully saturated rings. The van der Waals surface area contributed by atoms with Crippen LogP contribution in [0.4, 0.5) is 0 Å². The number of nitrogens with zero attached hydrogens (tertiary/aromatic N) is 2. The third kappa shape index (κ3) is 5.71. The molecule has 0 unspecified atom stereocenters. The van der Waals surface area contributed by atoms with E-state index in [1.807, 2.05) is 60.7 Å². The summed E-state index contributed by atoms with van der Waals surface area (Å²) < 4.78 is 13.3. The van der Waals surface area contributed by atoms with Crippen LogP contribution in [0.2, 0.25) is 10.0 Å². The zero-order chi connectivity index (χ0) is 27.5. The van der Waals surface area contributed by atoms with Crippen molar-refractivity contribution in [2.24, 2.45) is 4.99 Å². The van der Waals surface area contributed by atoms with Gasteiger partial charge in [-0.1, -0.05) is 77.0 Å². The fraction of sp³-hybridized carbons (Fsp3) is 0.167. The van der Waals surface area contributed by atoms with E-state index in [1.165, 1.54) is 15.9 Å². The first kappa shape index (κ1) is 26.9. The summed E-state index contributed by atoms with van der Waals surface area (Å²) in [7, 11) is 0. The summed E-state index contributed by atoms with van der Waals surface area (Å²) in [6.45, 7) is 4.04. The van der Waals surface area contributed by atoms with E-state index < -0.39 is 12.0 Å². The maximum atomic E-state index is 13.8. The smallest absolute Gasteiger partial charge is 0.338 e. The highest BCUT2D eigenvalue weighted by atomic mass is 35.5. The Bertz CT molecular complexity index is 1770. The van der Waals surface area contributed by atoms with Crippen LogP contribution < -0.4 is 19.6 Å². The van der Waals surface area contributed by atoms with Gasteiger partial charge in [0.15, 0.2) is 4.80 Å².